The summed E-state index contributed by atoms with van der Waals surface area (Å²) >= 11 is 0. The van der Waals surface area contributed by atoms with Crippen LogP contribution in [0.15, 0.2) is 36.4 Å². The van der Waals surface area contributed by atoms with Crippen LogP contribution in [0.2, 0.25) is 0 Å². The van der Waals surface area contributed by atoms with Crippen LogP contribution in [-0.2, 0) is 13.0 Å². The van der Waals surface area contributed by atoms with Gasteiger partial charge in [0.15, 0.2) is 0 Å². The predicted octanol–water partition coefficient (Wildman–Crippen LogP) is 3.61. The van der Waals surface area contributed by atoms with E-state index in [2.05, 4.69) is 75.5 Å². The Kier molecular flexibility index (Phi) is 7.64. The SMILES string of the molecule is Cc1cccc2cccc(N3CCc4c(N5CCNC(CC#N)C5)nc(OCCN(C)C)c(C#N)c4C3)c12. The van der Waals surface area contributed by atoms with Crippen molar-refractivity contribution in [1.82, 2.24) is 15.2 Å². The lowest BCUT2D eigenvalue weighted by molar-refractivity contribution is 0.253. The maximum absolute atomic E-state index is 10.3. The molecule has 5 rings (SSSR count). The summed E-state index contributed by atoms with van der Waals surface area (Å²) in [6.07, 6.45) is 1.24. The average Bonchev–Trinajstić information content (AvgIpc) is 2.92. The van der Waals surface area contributed by atoms with Crippen molar-refractivity contribution in [3.05, 3.63) is 58.7 Å². The molecule has 38 heavy (non-hydrogen) atoms. The monoisotopic (exact) mass is 509 g/mol. The van der Waals surface area contributed by atoms with Crippen LogP contribution in [0.4, 0.5) is 11.5 Å². The summed E-state index contributed by atoms with van der Waals surface area (Å²) in [6, 6.07) is 17.7. The molecule has 0 saturated carbocycles. The number of benzene rings is 2. The van der Waals surface area contributed by atoms with Crippen LogP contribution >= 0.6 is 0 Å². The zero-order valence-electron chi connectivity index (χ0n) is 22.5. The number of pyridine rings is 1. The lowest BCUT2D eigenvalue weighted by Crippen LogP contribution is -2.51. The van der Waals surface area contributed by atoms with Crippen LogP contribution < -0.4 is 19.9 Å². The molecule has 196 valence electrons. The number of piperazine rings is 1. The van der Waals surface area contributed by atoms with Crippen LogP contribution in [-0.4, -0.2) is 69.4 Å². The highest BCUT2D eigenvalue weighted by molar-refractivity contribution is 5.97. The van der Waals surface area contributed by atoms with Gasteiger partial charge in [0.05, 0.1) is 12.5 Å². The second-order valence-corrected chi connectivity index (χ2v) is 10.4. The molecule has 2 aliphatic heterocycles. The normalized spacial score (nSPS) is 17.3. The summed E-state index contributed by atoms with van der Waals surface area (Å²) in [5.41, 5.74) is 5.11. The largest absolute Gasteiger partial charge is 0.475 e. The molecule has 0 amide bonds. The Morgan fingerprint density at radius 2 is 1.92 bits per heavy atom. The molecule has 8 nitrogen and oxygen atoms in total. The van der Waals surface area contributed by atoms with E-state index < -0.39 is 0 Å². The van der Waals surface area contributed by atoms with Crippen molar-refractivity contribution in [2.75, 3.05) is 63.2 Å². The molecule has 1 unspecified atom stereocenters. The number of nitriles is 2. The topological polar surface area (TPSA) is 91.4 Å². The molecular weight excluding hydrogens is 474 g/mol. The maximum Gasteiger partial charge on any atom is 0.234 e. The molecule has 3 heterocycles. The van der Waals surface area contributed by atoms with Gasteiger partial charge in [-0.25, -0.2) is 0 Å². The van der Waals surface area contributed by atoms with Gasteiger partial charge in [0.2, 0.25) is 5.88 Å². The highest BCUT2D eigenvalue weighted by atomic mass is 16.5. The van der Waals surface area contributed by atoms with E-state index in [-0.39, 0.29) is 6.04 Å². The fourth-order valence-corrected chi connectivity index (χ4v) is 5.63. The van der Waals surface area contributed by atoms with Gasteiger partial charge in [-0.3, -0.25) is 0 Å². The van der Waals surface area contributed by atoms with Crippen molar-refractivity contribution in [3.8, 4) is 18.0 Å². The van der Waals surface area contributed by atoms with E-state index in [0.29, 0.717) is 37.6 Å². The third-order valence-corrected chi connectivity index (χ3v) is 7.55. The number of nitrogens with one attached hydrogen (secondary N) is 1. The van der Waals surface area contributed by atoms with E-state index in [1.807, 2.05) is 14.1 Å². The molecule has 1 saturated heterocycles. The Balaban J connectivity index is 1.57. The van der Waals surface area contributed by atoms with E-state index in [9.17, 15) is 10.5 Å². The number of anilines is 2. The molecule has 0 radical (unpaired) electrons. The number of ether oxygens (including phenoxy) is 1. The molecule has 0 aliphatic carbocycles. The smallest absolute Gasteiger partial charge is 0.234 e. The first-order valence-corrected chi connectivity index (χ1v) is 13.3. The number of nitrogens with zero attached hydrogens (tertiary/aromatic N) is 6. The van der Waals surface area contributed by atoms with Gasteiger partial charge < -0.3 is 24.8 Å². The first-order chi connectivity index (χ1) is 18.5. The van der Waals surface area contributed by atoms with Gasteiger partial charge in [-0.05, 0) is 44.5 Å². The molecule has 2 aliphatic rings. The number of hydrogen-bond acceptors (Lipinski definition) is 8. The van der Waals surface area contributed by atoms with Gasteiger partial charge in [-0.15, -0.1) is 0 Å². The Labute approximate surface area is 225 Å². The Hall–Kier alpha value is -3.85. The summed E-state index contributed by atoms with van der Waals surface area (Å²) in [7, 11) is 4.00. The zero-order valence-corrected chi connectivity index (χ0v) is 22.5. The lowest BCUT2D eigenvalue weighted by atomic mass is 9.94. The van der Waals surface area contributed by atoms with Gasteiger partial charge in [-0.2, -0.15) is 15.5 Å². The third-order valence-electron chi connectivity index (χ3n) is 7.55. The van der Waals surface area contributed by atoms with Crippen molar-refractivity contribution >= 4 is 22.3 Å². The predicted molar refractivity (Wildman–Crippen MR) is 151 cm³/mol. The zero-order chi connectivity index (χ0) is 26.6. The summed E-state index contributed by atoms with van der Waals surface area (Å²) in [5.74, 6) is 1.31. The molecule has 1 atom stereocenters. The van der Waals surface area contributed by atoms with Gasteiger partial charge >= 0.3 is 0 Å². The number of likely N-dealkylation sites (N-methyl/N-ethyl adjacent to an activating group) is 1. The second-order valence-electron chi connectivity index (χ2n) is 10.4. The molecule has 3 aromatic rings. The number of aryl methyl sites for hydroxylation is 1. The van der Waals surface area contributed by atoms with Crippen molar-refractivity contribution in [2.24, 2.45) is 0 Å². The van der Waals surface area contributed by atoms with E-state index >= 15 is 0 Å². The highest BCUT2D eigenvalue weighted by Crippen LogP contribution is 2.38. The molecule has 8 heteroatoms. The highest BCUT2D eigenvalue weighted by Gasteiger charge is 2.31. The first-order valence-electron chi connectivity index (χ1n) is 13.3. The summed E-state index contributed by atoms with van der Waals surface area (Å²) < 4.78 is 6.15. The summed E-state index contributed by atoms with van der Waals surface area (Å²) in [6.45, 7) is 7.12. The lowest BCUT2D eigenvalue weighted by Gasteiger charge is -2.38. The molecular formula is C30H35N7O. The van der Waals surface area contributed by atoms with Crippen molar-refractivity contribution in [2.45, 2.75) is 32.4 Å². The second kappa shape index (κ2) is 11.3. The summed E-state index contributed by atoms with van der Waals surface area (Å²) in [4.78, 5) is 11.7. The van der Waals surface area contributed by atoms with E-state index in [1.165, 1.54) is 22.0 Å². The Morgan fingerprint density at radius 1 is 1.11 bits per heavy atom. The van der Waals surface area contributed by atoms with E-state index in [4.69, 9.17) is 9.72 Å². The summed E-state index contributed by atoms with van der Waals surface area (Å²) in [5, 5.41) is 25.5. The van der Waals surface area contributed by atoms with Gasteiger partial charge in [-0.1, -0.05) is 30.3 Å². The van der Waals surface area contributed by atoms with E-state index in [0.717, 1.165) is 49.5 Å². The third kappa shape index (κ3) is 5.11. The average molecular weight is 510 g/mol. The molecule has 1 aromatic heterocycles. The van der Waals surface area contributed by atoms with Crippen LogP contribution in [0.3, 0.4) is 0 Å². The van der Waals surface area contributed by atoms with Gasteiger partial charge in [0.25, 0.3) is 0 Å². The van der Waals surface area contributed by atoms with Gasteiger partial charge in [0, 0.05) is 67.5 Å². The fraction of sp³-hybridized carbons (Fsp3) is 0.433. The standard InChI is InChI=1S/C30H35N7O/c1-21-6-4-7-22-8-5-9-27(28(21)22)36-14-11-24-26(20-36)25(18-32)30(38-17-16-35(2)3)34-29(24)37-15-13-33-23(19-37)10-12-31/h4-9,23,33H,10-11,13-17,19-20H2,1-3H3. The Morgan fingerprint density at radius 3 is 2.68 bits per heavy atom. The molecule has 0 bridgehead atoms. The molecule has 0 spiro atoms. The minimum absolute atomic E-state index is 0.0960. The number of hydrogen-bond donors (Lipinski definition) is 1. The van der Waals surface area contributed by atoms with Crippen molar-refractivity contribution in [1.29, 1.82) is 10.5 Å². The quantitative estimate of drug-likeness (QED) is 0.517. The van der Waals surface area contributed by atoms with Crippen LogP contribution in [0, 0.1) is 29.6 Å². The number of rotatable bonds is 7. The minimum Gasteiger partial charge on any atom is -0.475 e. The van der Waals surface area contributed by atoms with Crippen LogP contribution in [0.25, 0.3) is 10.8 Å². The van der Waals surface area contributed by atoms with Crippen molar-refractivity contribution < 1.29 is 4.74 Å². The van der Waals surface area contributed by atoms with Crippen LogP contribution in [0.5, 0.6) is 5.88 Å². The maximum atomic E-state index is 10.3. The minimum atomic E-state index is 0.0960. The van der Waals surface area contributed by atoms with Crippen LogP contribution in [0.1, 0.15) is 28.7 Å². The van der Waals surface area contributed by atoms with Gasteiger partial charge in [0.1, 0.15) is 24.1 Å². The fourth-order valence-electron chi connectivity index (χ4n) is 5.63. The number of fused-ring (bicyclic) bond motifs is 2. The molecule has 2 aromatic carbocycles. The number of aromatic nitrogens is 1. The first kappa shape index (κ1) is 25.8. The Bertz CT molecular complexity index is 1400. The van der Waals surface area contributed by atoms with E-state index in [1.54, 1.807) is 0 Å². The molecule has 1 N–H and O–H groups in total. The molecule has 1 fully saturated rings. The van der Waals surface area contributed by atoms with Crippen molar-refractivity contribution in [3.63, 3.8) is 0 Å².